The number of fused-ring (bicyclic) bond motifs is 1. The molecule has 34 heavy (non-hydrogen) atoms. The Labute approximate surface area is 198 Å². The molecule has 2 saturated heterocycles. The van der Waals surface area contributed by atoms with Crippen LogP contribution in [-0.2, 0) is 47.5 Å². The van der Waals surface area contributed by atoms with E-state index in [1.807, 2.05) is 13.8 Å². The van der Waals surface area contributed by atoms with Crippen molar-refractivity contribution in [2.24, 2.45) is 0 Å². The van der Waals surface area contributed by atoms with Gasteiger partial charge in [0.15, 0.2) is 12.4 Å². The van der Waals surface area contributed by atoms with Crippen molar-refractivity contribution in [2.45, 2.75) is 54.3 Å². The Morgan fingerprint density at radius 1 is 0.794 bits per heavy atom. The topological polar surface area (TPSA) is 124 Å². The minimum absolute atomic E-state index is 0.0758. The van der Waals surface area contributed by atoms with Crippen LogP contribution in [0.5, 0.6) is 0 Å². The van der Waals surface area contributed by atoms with Gasteiger partial charge in [0.2, 0.25) is 0 Å². The molecule has 4 rings (SSSR count). The van der Waals surface area contributed by atoms with Gasteiger partial charge in [0.1, 0.15) is 25.1 Å². The molecule has 0 N–H and O–H groups in total. The zero-order chi connectivity index (χ0) is 24.5. The number of benzene rings is 2. The van der Waals surface area contributed by atoms with Crippen LogP contribution in [0.3, 0.4) is 0 Å². The smallest absolute Gasteiger partial charge is 0.297 e. The fourth-order valence-electron chi connectivity index (χ4n) is 3.72. The van der Waals surface area contributed by atoms with Crippen LogP contribution >= 0.6 is 0 Å². The highest BCUT2D eigenvalue weighted by Crippen LogP contribution is 2.34. The average molecular weight is 515 g/mol. The van der Waals surface area contributed by atoms with Crippen LogP contribution in [0.15, 0.2) is 58.3 Å². The maximum Gasteiger partial charge on any atom is 0.297 e. The number of methoxy groups -OCH3 is 1. The van der Waals surface area contributed by atoms with Gasteiger partial charge in [-0.15, -0.1) is 0 Å². The average Bonchev–Trinajstić information content (AvgIpc) is 2.80. The first-order valence-corrected chi connectivity index (χ1v) is 13.3. The molecule has 0 aliphatic carbocycles. The van der Waals surface area contributed by atoms with Crippen molar-refractivity contribution < 1.29 is 44.1 Å². The molecule has 0 unspecified atom stereocenters. The monoisotopic (exact) mass is 514 g/mol. The standard InChI is InChI=1S/C22H26O10S2/c1-14-4-8-16(9-5-14)33(23,24)31-20-19-18(12-28-13-29-19)30-22(27-3)21(20)32-34(25,26)17-10-6-15(2)7-11-17/h4-11,18-22H,12-13H2,1-3H3/t18-,19+,20+,21-,22+/m1/s1. The number of hydrogen-bond donors (Lipinski definition) is 0. The predicted octanol–water partition coefficient (Wildman–Crippen LogP) is 1.90. The third kappa shape index (κ3) is 5.34. The van der Waals surface area contributed by atoms with E-state index >= 15 is 0 Å². The van der Waals surface area contributed by atoms with Crippen molar-refractivity contribution in [3.63, 3.8) is 0 Å². The number of hydrogen-bond acceptors (Lipinski definition) is 10. The van der Waals surface area contributed by atoms with Crippen LogP contribution in [0.4, 0.5) is 0 Å². The molecule has 12 heteroatoms. The molecule has 2 aliphatic heterocycles. The van der Waals surface area contributed by atoms with Crippen LogP contribution in [-0.4, -0.2) is 68.1 Å². The van der Waals surface area contributed by atoms with Gasteiger partial charge in [-0.25, -0.2) is 0 Å². The van der Waals surface area contributed by atoms with Crippen LogP contribution in [0.25, 0.3) is 0 Å². The SMILES string of the molecule is CO[C@H]1O[C@@H]2COCO[C@@H]2[C@H](OS(=O)(=O)c2ccc(C)cc2)[C@H]1OS(=O)(=O)c1ccc(C)cc1. The second-order valence-electron chi connectivity index (χ2n) is 8.05. The normalized spacial score (nSPS) is 27.8. The third-order valence-electron chi connectivity index (χ3n) is 5.54. The highest BCUT2D eigenvalue weighted by atomic mass is 32.2. The van der Waals surface area contributed by atoms with E-state index in [1.165, 1.54) is 31.4 Å². The van der Waals surface area contributed by atoms with E-state index in [1.54, 1.807) is 24.3 Å². The summed E-state index contributed by atoms with van der Waals surface area (Å²) < 4.78 is 85.3. The molecule has 0 bridgehead atoms. The van der Waals surface area contributed by atoms with Crippen LogP contribution in [0, 0.1) is 13.8 Å². The first-order chi connectivity index (χ1) is 16.1. The zero-order valence-electron chi connectivity index (χ0n) is 18.8. The molecule has 2 aromatic carbocycles. The molecular formula is C22H26O10S2. The summed E-state index contributed by atoms with van der Waals surface area (Å²) in [6.07, 6.45) is -5.92. The summed E-state index contributed by atoms with van der Waals surface area (Å²) in [4.78, 5) is -0.203. The van der Waals surface area contributed by atoms with Crippen molar-refractivity contribution in [3.05, 3.63) is 59.7 Å². The Hall–Kier alpha value is -1.90. The van der Waals surface area contributed by atoms with E-state index in [0.717, 1.165) is 11.1 Å². The van der Waals surface area contributed by atoms with Gasteiger partial charge in [-0.05, 0) is 38.1 Å². The molecule has 2 fully saturated rings. The summed E-state index contributed by atoms with van der Waals surface area (Å²) in [6, 6.07) is 12.1. The Balaban J connectivity index is 1.70. The summed E-state index contributed by atoms with van der Waals surface area (Å²) in [6.45, 7) is 3.56. The van der Waals surface area contributed by atoms with Crippen LogP contribution in [0.2, 0.25) is 0 Å². The fourth-order valence-corrected chi connectivity index (χ4v) is 5.89. The maximum absolute atomic E-state index is 13.1. The zero-order valence-corrected chi connectivity index (χ0v) is 20.5. The second-order valence-corrected chi connectivity index (χ2v) is 11.2. The van der Waals surface area contributed by atoms with E-state index in [9.17, 15) is 16.8 Å². The summed E-state index contributed by atoms with van der Waals surface area (Å²) in [5, 5.41) is 0. The third-order valence-corrected chi connectivity index (χ3v) is 8.19. The Kier molecular flexibility index (Phi) is 7.41. The molecular weight excluding hydrogens is 488 g/mol. The van der Waals surface area contributed by atoms with Crippen molar-refractivity contribution in [1.82, 2.24) is 0 Å². The van der Waals surface area contributed by atoms with Gasteiger partial charge < -0.3 is 18.9 Å². The first kappa shape index (κ1) is 25.2. The van der Waals surface area contributed by atoms with Gasteiger partial charge in [-0.3, -0.25) is 8.37 Å². The van der Waals surface area contributed by atoms with Gasteiger partial charge >= 0.3 is 0 Å². The minimum atomic E-state index is -4.34. The first-order valence-electron chi connectivity index (χ1n) is 10.5. The van der Waals surface area contributed by atoms with Gasteiger partial charge in [0, 0.05) is 7.11 Å². The van der Waals surface area contributed by atoms with Crippen LogP contribution < -0.4 is 0 Å². The van der Waals surface area contributed by atoms with E-state index in [2.05, 4.69) is 0 Å². The summed E-state index contributed by atoms with van der Waals surface area (Å²) >= 11 is 0. The number of ether oxygens (including phenoxy) is 4. The van der Waals surface area contributed by atoms with Gasteiger partial charge in [0.05, 0.1) is 16.4 Å². The highest BCUT2D eigenvalue weighted by molar-refractivity contribution is 7.87. The lowest BCUT2D eigenvalue weighted by Gasteiger charge is -2.45. The Morgan fingerprint density at radius 2 is 1.29 bits per heavy atom. The highest BCUT2D eigenvalue weighted by Gasteiger charge is 2.53. The van der Waals surface area contributed by atoms with Crippen molar-refractivity contribution in [1.29, 1.82) is 0 Å². The summed E-state index contributed by atoms with van der Waals surface area (Å²) in [7, 11) is -7.37. The lowest BCUT2D eigenvalue weighted by atomic mass is 9.99. The molecule has 10 nitrogen and oxygen atoms in total. The molecule has 0 spiro atoms. The molecule has 2 aromatic rings. The van der Waals surface area contributed by atoms with Gasteiger partial charge in [-0.2, -0.15) is 16.8 Å². The van der Waals surface area contributed by atoms with E-state index in [-0.39, 0.29) is 23.2 Å². The number of rotatable bonds is 7. The Morgan fingerprint density at radius 3 is 1.79 bits per heavy atom. The molecule has 5 atom stereocenters. The van der Waals surface area contributed by atoms with E-state index in [4.69, 9.17) is 27.3 Å². The molecule has 0 amide bonds. The fraction of sp³-hybridized carbons (Fsp3) is 0.455. The van der Waals surface area contributed by atoms with Crippen LogP contribution in [0.1, 0.15) is 11.1 Å². The predicted molar refractivity (Wildman–Crippen MR) is 118 cm³/mol. The van der Waals surface area contributed by atoms with E-state index < -0.39 is 50.9 Å². The molecule has 0 radical (unpaired) electrons. The summed E-state index contributed by atoms with van der Waals surface area (Å²) in [5.74, 6) is 0. The number of aryl methyl sites for hydroxylation is 2. The molecule has 186 valence electrons. The molecule has 2 aliphatic rings. The van der Waals surface area contributed by atoms with Crippen molar-refractivity contribution in [2.75, 3.05) is 20.5 Å². The lowest BCUT2D eigenvalue weighted by molar-refractivity contribution is -0.326. The maximum atomic E-state index is 13.1. The van der Waals surface area contributed by atoms with E-state index in [0.29, 0.717) is 0 Å². The van der Waals surface area contributed by atoms with Crippen molar-refractivity contribution in [3.8, 4) is 0 Å². The quantitative estimate of drug-likeness (QED) is 0.506. The van der Waals surface area contributed by atoms with Crippen molar-refractivity contribution >= 4 is 20.2 Å². The van der Waals surface area contributed by atoms with Gasteiger partial charge in [0.25, 0.3) is 20.2 Å². The second kappa shape index (κ2) is 9.99. The molecule has 0 aromatic heterocycles. The molecule has 2 heterocycles. The summed E-state index contributed by atoms with van der Waals surface area (Å²) in [5.41, 5.74) is 1.72. The largest absolute Gasteiger partial charge is 0.353 e. The minimum Gasteiger partial charge on any atom is -0.353 e. The van der Waals surface area contributed by atoms with Gasteiger partial charge in [-0.1, -0.05) is 35.4 Å². The molecule has 0 saturated carbocycles. The lowest BCUT2D eigenvalue weighted by Crippen LogP contribution is -2.63. The Bertz CT molecular complexity index is 1190.